The average molecular weight is 263 g/mol. The van der Waals surface area contributed by atoms with E-state index in [0.29, 0.717) is 0 Å². The summed E-state index contributed by atoms with van der Waals surface area (Å²) in [6.07, 6.45) is 8.18. The van der Waals surface area contributed by atoms with E-state index < -0.39 is 0 Å². The van der Waals surface area contributed by atoms with Gasteiger partial charge in [0.2, 0.25) is 0 Å². The standard InChI is InChI=1S/C16H25NS/c18-13-12-17-11-10-14-6-8-16(9-7-14)15-4-2-1-3-5-15/h6-9,15,17-18H,1-5,10-13H2. The van der Waals surface area contributed by atoms with Crippen LogP contribution in [0.15, 0.2) is 24.3 Å². The molecule has 0 spiro atoms. The molecule has 0 unspecified atom stereocenters. The van der Waals surface area contributed by atoms with E-state index in [2.05, 4.69) is 42.2 Å². The van der Waals surface area contributed by atoms with Gasteiger partial charge in [0, 0.05) is 12.3 Å². The van der Waals surface area contributed by atoms with Crippen LogP contribution in [-0.4, -0.2) is 18.8 Å². The van der Waals surface area contributed by atoms with Crippen LogP contribution in [0.25, 0.3) is 0 Å². The fraction of sp³-hybridized carbons (Fsp3) is 0.625. The number of benzene rings is 1. The quantitative estimate of drug-likeness (QED) is 0.588. The van der Waals surface area contributed by atoms with Gasteiger partial charge in [0.1, 0.15) is 0 Å². The Kier molecular flexibility index (Phi) is 6.09. The van der Waals surface area contributed by atoms with Crippen molar-refractivity contribution >= 4 is 12.6 Å². The molecule has 1 nitrogen and oxygen atoms in total. The number of nitrogens with one attached hydrogen (secondary N) is 1. The van der Waals surface area contributed by atoms with Crippen molar-refractivity contribution in [1.82, 2.24) is 5.32 Å². The van der Waals surface area contributed by atoms with Crippen molar-refractivity contribution in [3.8, 4) is 0 Å². The molecule has 2 rings (SSSR count). The molecule has 1 N–H and O–H groups in total. The van der Waals surface area contributed by atoms with Gasteiger partial charge in [-0.3, -0.25) is 0 Å². The van der Waals surface area contributed by atoms with E-state index in [9.17, 15) is 0 Å². The van der Waals surface area contributed by atoms with Crippen molar-refractivity contribution in [3.05, 3.63) is 35.4 Å². The Labute approximate surface area is 117 Å². The first-order valence-electron chi connectivity index (χ1n) is 7.30. The van der Waals surface area contributed by atoms with Crippen molar-refractivity contribution in [2.24, 2.45) is 0 Å². The lowest BCUT2D eigenvalue weighted by Gasteiger charge is -2.22. The summed E-state index contributed by atoms with van der Waals surface area (Å²) in [7, 11) is 0. The minimum atomic E-state index is 0.829. The minimum absolute atomic E-state index is 0.829. The maximum Gasteiger partial charge on any atom is 0.00398 e. The van der Waals surface area contributed by atoms with Gasteiger partial charge in [0.15, 0.2) is 0 Å². The summed E-state index contributed by atoms with van der Waals surface area (Å²) in [5.74, 6) is 1.75. The lowest BCUT2D eigenvalue weighted by atomic mass is 9.84. The Hall–Kier alpha value is -0.470. The third-order valence-corrected chi connectivity index (χ3v) is 4.16. The molecule has 0 aliphatic heterocycles. The zero-order chi connectivity index (χ0) is 12.6. The van der Waals surface area contributed by atoms with E-state index in [1.807, 2.05) is 0 Å². The van der Waals surface area contributed by atoms with Gasteiger partial charge < -0.3 is 5.32 Å². The molecule has 0 amide bonds. The summed E-state index contributed by atoms with van der Waals surface area (Å²) in [4.78, 5) is 0. The number of hydrogen-bond acceptors (Lipinski definition) is 2. The predicted molar refractivity (Wildman–Crippen MR) is 82.7 cm³/mol. The molecule has 0 radical (unpaired) electrons. The van der Waals surface area contributed by atoms with Gasteiger partial charge in [-0.1, -0.05) is 43.5 Å². The van der Waals surface area contributed by atoms with E-state index in [4.69, 9.17) is 0 Å². The lowest BCUT2D eigenvalue weighted by molar-refractivity contribution is 0.443. The summed E-state index contributed by atoms with van der Waals surface area (Å²) < 4.78 is 0. The summed E-state index contributed by atoms with van der Waals surface area (Å²) in [5, 5.41) is 3.39. The maximum absolute atomic E-state index is 4.19. The van der Waals surface area contributed by atoms with Crippen molar-refractivity contribution in [2.75, 3.05) is 18.8 Å². The molecule has 1 saturated carbocycles. The molecule has 2 heteroatoms. The van der Waals surface area contributed by atoms with Crippen LogP contribution >= 0.6 is 12.6 Å². The molecule has 0 heterocycles. The van der Waals surface area contributed by atoms with Gasteiger partial charge >= 0.3 is 0 Å². The Morgan fingerprint density at radius 2 is 1.72 bits per heavy atom. The molecule has 100 valence electrons. The van der Waals surface area contributed by atoms with Crippen LogP contribution in [0.3, 0.4) is 0 Å². The molecule has 1 aliphatic rings. The summed E-state index contributed by atoms with van der Waals surface area (Å²) in [6.45, 7) is 2.06. The van der Waals surface area contributed by atoms with Gasteiger partial charge in [0.25, 0.3) is 0 Å². The minimum Gasteiger partial charge on any atom is -0.316 e. The first-order chi connectivity index (χ1) is 8.90. The molecule has 1 aromatic rings. The van der Waals surface area contributed by atoms with E-state index in [-0.39, 0.29) is 0 Å². The molecule has 1 aliphatic carbocycles. The number of rotatable bonds is 6. The third-order valence-electron chi connectivity index (χ3n) is 3.94. The molecule has 1 fully saturated rings. The second-order valence-electron chi connectivity index (χ2n) is 5.30. The monoisotopic (exact) mass is 263 g/mol. The molecule has 0 atom stereocenters. The Balaban J connectivity index is 1.81. The van der Waals surface area contributed by atoms with Crippen molar-refractivity contribution < 1.29 is 0 Å². The molecular formula is C16H25NS. The first kappa shape index (κ1) is 14.0. The van der Waals surface area contributed by atoms with Crippen LogP contribution in [0.5, 0.6) is 0 Å². The zero-order valence-electron chi connectivity index (χ0n) is 11.2. The number of hydrogen-bond donors (Lipinski definition) is 2. The molecule has 0 saturated heterocycles. The van der Waals surface area contributed by atoms with Gasteiger partial charge in [-0.2, -0.15) is 12.6 Å². The molecule has 0 aromatic heterocycles. The second-order valence-corrected chi connectivity index (χ2v) is 5.75. The summed E-state index contributed by atoms with van der Waals surface area (Å²) in [6, 6.07) is 9.33. The van der Waals surface area contributed by atoms with Crippen LogP contribution in [0, 0.1) is 0 Å². The topological polar surface area (TPSA) is 12.0 Å². The van der Waals surface area contributed by atoms with E-state index in [1.165, 1.54) is 37.7 Å². The van der Waals surface area contributed by atoms with Crippen LogP contribution in [0.2, 0.25) is 0 Å². The van der Waals surface area contributed by atoms with Crippen LogP contribution < -0.4 is 5.32 Å². The fourth-order valence-corrected chi connectivity index (χ4v) is 2.99. The predicted octanol–water partition coefficient (Wildman–Crippen LogP) is 3.80. The normalized spacial score (nSPS) is 16.9. The van der Waals surface area contributed by atoms with E-state index in [0.717, 1.165) is 31.2 Å². The first-order valence-corrected chi connectivity index (χ1v) is 7.94. The lowest BCUT2D eigenvalue weighted by Crippen LogP contribution is -2.19. The molecule has 1 aromatic carbocycles. The molecular weight excluding hydrogens is 238 g/mol. The van der Waals surface area contributed by atoms with Crippen molar-refractivity contribution in [1.29, 1.82) is 0 Å². The Morgan fingerprint density at radius 3 is 2.39 bits per heavy atom. The largest absolute Gasteiger partial charge is 0.316 e. The highest BCUT2D eigenvalue weighted by Gasteiger charge is 2.14. The Morgan fingerprint density at radius 1 is 1.00 bits per heavy atom. The molecule has 18 heavy (non-hydrogen) atoms. The summed E-state index contributed by atoms with van der Waals surface area (Å²) >= 11 is 4.19. The van der Waals surface area contributed by atoms with Crippen molar-refractivity contribution in [2.45, 2.75) is 44.4 Å². The number of thiol groups is 1. The third kappa shape index (κ3) is 4.33. The highest BCUT2D eigenvalue weighted by Crippen LogP contribution is 2.32. The summed E-state index contributed by atoms with van der Waals surface area (Å²) in [5.41, 5.74) is 3.00. The van der Waals surface area contributed by atoms with Crippen LogP contribution in [-0.2, 0) is 6.42 Å². The maximum atomic E-state index is 4.19. The fourth-order valence-electron chi connectivity index (χ4n) is 2.83. The van der Waals surface area contributed by atoms with Gasteiger partial charge in [-0.25, -0.2) is 0 Å². The van der Waals surface area contributed by atoms with Gasteiger partial charge in [-0.15, -0.1) is 0 Å². The van der Waals surface area contributed by atoms with Gasteiger partial charge in [-0.05, 0) is 42.9 Å². The molecule has 0 bridgehead atoms. The van der Waals surface area contributed by atoms with E-state index >= 15 is 0 Å². The van der Waals surface area contributed by atoms with E-state index in [1.54, 1.807) is 5.56 Å². The zero-order valence-corrected chi connectivity index (χ0v) is 12.1. The van der Waals surface area contributed by atoms with Gasteiger partial charge in [0.05, 0.1) is 0 Å². The van der Waals surface area contributed by atoms with Crippen LogP contribution in [0.4, 0.5) is 0 Å². The van der Waals surface area contributed by atoms with Crippen molar-refractivity contribution in [3.63, 3.8) is 0 Å². The van der Waals surface area contributed by atoms with Crippen LogP contribution in [0.1, 0.15) is 49.1 Å². The Bertz CT molecular complexity index is 327. The smallest absolute Gasteiger partial charge is 0.00398 e. The highest BCUT2D eigenvalue weighted by atomic mass is 32.1. The SMILES string of the molecule is SCCNCCc1ccc(C2CCCCC2)cc1. The highest BCUT2D eigenvalue weighted by molar-refractivity contribution is 7.80. The average Bonchev–Trinajstić information content (AvgIpc) is 2.45. The second kappa shape index (κ2) is 7.85.